The quantitative estimate of drug-likeness (QED) is 0.478. The SMILES string of the molecule is CCn1c(=O)[nH]c(=O)c2c1nc(Cc1c[n+]3cc(C)sc3[nH]1)n2CC1COC1. The van der Waals surface area contributed by atoms with E-state index in [9.17, 15) is 9.59 Å². The molecule has 0 aliphatic carbocycles. The van der Waals surface area contributed by atoms with E-state index in [4.69, 9.17) is 9.72 Å². The molecule has 0 aromatic carbocycles. The predicted molar refractivity (Wildman–Crippen MR) is 104 cm³/mol. The number of aromatic nitrogens is 6. The molecule has 28 heavy (non-hydrogen) atoms. The molecule has 0 bridgehead atoms. The average molecular weight is 401 g/mol. The van der Waals surface area contributed by atoms with E-state index in [1.807, 2.05) is 17.7 Å². The van der Waals surface area contributed by atoms with Gasteiger partial charge in [-0.05, 0) is 13.8 Å². The highest BCUT2D eigenvalue weighted by Crippen LogP contribution is 2.20. The van der Waals surface area contributed by atoms with Crippen molar-refractivity contribution in [1.82, 2.24) is 24.1 Å². The number of hydrogen-bond acceptors (Lipinski definition) is 5. The van der Waals surface area contributed by atoms with Gasteiger partial charge in [0.15, 0.2) is 11.2 Å². The Morgan fingerprint density at radius 1 is 1.29 bits per heavy atom. The molecule has 1 aliphatic heterocycles. The van der Waals surface area contributed by atoms with Crippen molar-refractivity contribution in [3.8, 4) is 0 Å². The minimum Gasteiger partial charge on any atom is -0.381 e. The first-order chi connectivity index (χ1) is 13.5. The molecule has 10 heteroatoms. The van der Waals surface area contributed by atoms with Crippen molar-refractivity contribution in [3.05, 3.63) is 49.6 Å². The monoisotopic (exact) mass is 401 g/mol. The molecule has 2 N–H and O–H groups in total. The van der Waals surface area contributed by atoms with Crippen molar-refractivity contribution in [1.29, 1.82) is 0 Å². The van der Waals surface area contributed by atoms with E-state index in [1.54, 1.807) is 11.3 Å². The van der Waals surface area contributed by atoms with Crippen LogP contribution >= 0.6 is 11.3 Å². The van der Waals surface area contributed by atoms with Crippen molar-refractivity contribution in [2.24, 2.45) is 5.92 Å². The van der Waals surface area contributed by atoms with Crippen molar-refractivity contribution in [2.45, 2.75) is 33.4 Å². The lowest BCUT2D eigenvalue weighted by Gasteiger charge is -2.26. The number of ether oxygens (including phenoxy) is 1. The lowest BCUT2D eigenvalue weighted by molar-refractivity contribution is -0.505. The van der Waals surface area contributed by atoms with Crippen LogP contribution in [0.15, 0.2) is 22.0 Å². The van der Waals surface area contributed by atoms with Gasteiger partial charge < -0.3 is 9.30 Å². The van der Waals surface area contributed by atoms with Crippen LogP contribution in [0.25, 0.3) is 16.1 Å². The smallest absolute Gasteiger partial charge is 0.343 e. The van der Waals surface area contributed by atoms with Crippen molar-refractivity contribution in [3.63, 3.8) is 0 Å². The number of aryl methyl sites for hydroxylation is 2. The summed E-state index contributed by atoms with van der Waals surface area (Å²) in [4.78, 5) is 37.7. The van der Waals surface area contributed by atoms with E-state index in [-0.39, 0.29) is 5.56 Å². The van der Waals surface area contributed by atoms with Crippen LogP contribution in [0.2, 0.25) is 0 Å². The predicted octanol–water partition coefficient (Wildman–Crippen LogP) is 0.580. The third kappa shape index (κ3) is 2.71. The molecule has 1 saturated heterocycles. The van der Waals surface area contributed by atoms with Crippen LogP contribution < -0.4 is 15.6 Å². The van der Waals surface area contributed by atoms with Gasteiger partial charge in [0.05, 0.1) is 19.6 Å². The molecule has 1 fully saturated rings. The van der Waals surface area contributed by atoms with Crippen molar-refractivity contribution < 1.29 is 9.14 Å². The van der Waals surface area contributed by atoms with E-state index < -0.39 is 5.69 Å². The Hall–Kier alpha value is -2.72. The summed E-state index contributed by atoms with van der Waals surface area (Å²) >= 11 is 1.69. The molecule has 9 nitrogen and oxygen atoms in total. The number of rotatable bonds is 5. The van der Waals surface area contributed by atoms with E-state index in [2.05, 4.69) is 27.5 Å². The zero-order valence-electron chi connectivity index (χ0n) is 15.7. The first-order valence-corrected chi connectivity index (χ1v) is 10.1. The van der Waals surface area contributed by atoms with Gasteiger partial charge in [0.2, 0.25) is 0 Å². The average Bonchev–Trinajstić information content (AvgIpc) is 3.22. The van der Waals surface area contributed by atoms with Gasteiger partial charge in [0.1, 0.15) is 23.9 Å². The van der Waals surface area contributed by atoms with Gasteiger partial charge in [-0.2, -0.15) is 4.40 Å². The van der Waals surface area contributed by atoms with Crippen LogP contribution in [-0.2, 0) is 24.2 Å². The molecule has 0 spiro atoms. The fraction of sp³-hybridized carbons (Fsp3) is 0.444. The van der Waals surface area contributed by atoms with E-state index in [1.165, 1.54) is 9.44 Å². The number of aromatic amines is 2. The fourth-order valence-electron chi connectivity index (χ4n) is 3.76. The number of hydrogen-bond donors (Lipinski definition) is 2. The first-order valence-electron chi connectivity index (χ1n) is 9.32. The highest BCUT2D eigenvalue weighted by atomic mass is 32.1. The Balaban J connectivity index is 1.65. The number of fused-ring (bicyclic) bond motifs is 2. The molecular weight excluding hydrogens is 380 g/mol. The Labute approximate surface area is 163 Å². The van der Waals surface area contributed by atoms with Gasteiger partial charge in [0, 0.05) is 23.9 Å². The van der Waals surface area contributed by atoms with Gasteiger partial charge in [-0.25, -0.2) is 14.8 Å². The summed E-state index contributed by atoms with van der Waals surface area (Å²) in [6.07, 6.45) is 4.67. The summed E-state index contributed by atoms with van der Waals surface area (Å²) < 4.78 is 10.8. The molecule has 0 unspecified atom stereocenters. The summed E-state index contributed by atoms with van der Waals surface area (Å²) in [5.74, 6) is 1.12. The van der Waals surface area contributed by atoms with Gasteiger partial charge in [-0.15, -0.1) is 0 Å². The second kappa shape index (κ2) is 6.42. The molecular formula is C18H21N6O3S+. The second-order valence-electron chi connectivity index (χ2n) is 7.23. The van der Waals surface area contributed by atoms with E-state index in [0.29, 0.717) is 49.8 Å². The van der Waals surface area contributed by atoms with E-state index in [0.717, 1.165) is 16.5 Å². The second-order valence-corrected chi connectivity index (χ2v) is 8.46. The molecule has 0 saturated carbocycles. The summed E-state index contributed by atoms with van der Waals surface area (Å²) in [5.41, 5.74) is 1.11. The topological polar surface area (TPSA) is 102 Å². The maximum atomic E-state index is 12.6. The fourth-order valence-corrected chi connectivity index (χ4v) is 4.62. The minimum atomic E-state index is -0.422. The Morgan fingerprint density at radius 3 is 2.79 bits per heavy atom. The molecule has 5 heterocycles. The normalized spacial score (nSPS) is 14.9. The molecule has 0 radical (unpaired) electrons. The number of nitrogens with zero attached hydrogens (tertiary/aromatic N) is 4. The van der Waals surface area contributed by atoms with Crippen LogP contribution in [0, 0.1) is 12.8 Å². The minimum absolute atomic E-state index is 0.349. The Kier molecular flexibility index (Phi) is 3.98. The maximum Gasteiger partial charge on any atom is 0.343 e. The zero-order valence-corrected chi connectivity index (χ0v) is 16.5. The van der Waals surface area contributed by atoms with Crippen LogP contribution in [0.3, 0.4) is 0 Å². The summed E-state index contributed by atoms with van der Waals surface area (Å²) in [6.45, 7) is 6.40. The summed E-state index contributed by atoms with van der Waals surface area (Å²) in [5, 5.41) is 0. The van der Waals surface area contributed by atoms with Crippen LogP contribution in [0.1, 0.15) is 23.3 Å². The van der Waals surface area contributed by atoms with Crippen molar-refractivity contribution >= 4 is 27.5 Å². The highest BCUT2D eigenvalue weighted by Gasteiger charge is 2.25. The molecule has 5 rings (SSSR count). The lowest BCUT2D eigenvalue weighted by Crippen LogP contribution is -2.34. The van der Waals surface area contributed by atoms with Gasteiger partial charge >= 0.3 is 10.7 Å². The largest absolute Gasteiger partial charge is 0.381 e. The van der Waals surface area contributed by atoms with Gasteiger partial charge in [-0.3, -0.25) is 14.3 Å². The van der Waals surface area contributed by atoms with Gasteiger partial charge in [-0.1, -0.05) is 11.3 Å². The first kappa shape index (κ1) is 17.4. The summed E-state index contributed by atoms with van der Waals surface area (Å²) in [7, 11) is 0. The number of nitrogens with one attached hydrogen (secondary N) is 2. The Morgan fingerprint density at radius 2 is 2.11 bits per heavy atom. The molecule has 4 aromatic heterocycles. The summed E-state index contributed by atoms with van der Waals surface area (Å²) in [6, 6.07) is 0. The standard InChI is InChI=1S/C18H20N6O3S/c1-3-23-15-14(16(25)21-17(23)26)24(6-11-8-27-9-11)13(20-15)4-12-7-22-5-10(2)28-18(22)19-12/h5,7,11H,3-4,6,8-9H2,1-2H3,(H,21,25,26)/p+1. The van der Waals surface area contributed by atoms with Gasteiger partial charge in [0.25, 0.3) is 5.56 Å². The molecule has 1 aliphatic rings. The van der Waals surface area contributed by atoms with E-state index >= 15 is 0 Å². The highest BCUT2D eigenvalue weighted by molar-refractivity contribution is 7.16. The van der Waals surface area contributed by atoms with Crippen LogP contribution in [0.5, 0.6) is 0 Å². The Bertz CT molecular complexity index is 1270. The molecule has 0 atom stereocenters. The maximum absolute atomic E-state index is 12.6. The number of thiazole rings is 1. The molecule has 0 amide bonds. The number of imidazole rings is 2. The van der Waals surface area contributed by atoms with Crippen LogP contribution in [-0.4, -0.2) is 37.3 Å². The lowest BCUT2D eigenvalue weighted by atomic mass is 10.1. The molecule has 146 valence electrons. The number of H-pyrrole nitrogens is 2. The zero-order chi connectivity index (χ0) is 19.4. The third-order valence-corrected chi connectivity index (χ3v) is 6.09. The van der Waals surface area contributed by atoms with Crippen molar-refractivity contribution in [2.75, 3.05) is 13.2 Å². The molecule has 4 aromatic rings. The third-order valence-electron chi connectivity index (χ3n) is 5.15. The van der Waals surface area contributed by atoms with Crippen LogP contribution in [0.4, 0.5) is 0 Å².